The molecule has 0 radical (unpaired) electrons. The zero-order valence-corrected chi connectivity index (χ0v) is 21.4. The van der Waals surface area contributed by atoms with Crippen LogP contribution in [0.25, 0.3) is 11.0 Å². The number of carbonyl (C=O) groups is 1. The van der Waals surface area contributed by atoms with Crippen LogP contribution >= 0.6 is 11.6 Å². The standard InChI is InChI=1S/C29H28ClN3O4/c1-19-14-22(9-10-23(19)30)35-13-5-4-12-32-25-7-3-2-6-24(25)31-29(32)20-15-28(34)33(17-20)21-8-11-26-27(16-21)37-18-36-26/h2-3,6-11,14,16,20H,4-5,12-13,15,17-18H2,1H3. The molecule has 1 fully saturated rings. The van der Waals surface area contributed by atoms with E-state index in [0.29, 0.717) is 31.1 Å². The number of carbonyl (C=O) groups excluding carboxylic acids is 1. The second kappa shape index (κ2) is 9.98. The summed E-state index contributed by atoms with van der Waals surface area (Å²) in [5.41, 5.74) is 3.89. The SMILES string of the molecule is Cc1cc(OCCCCn2c(C3CC(=O)N(c4ccc5c(c4)OCO5)C3)nc3ccccc32)ccc1Cl. The van der Waals surface area contributed by atoms with Gasteiger partial charge in [0.05, 0.1) is 17.6 Å². The number of unbranched alkanes of at least 4 members (excludes halogenated alkanes) is 1. The topological polar surface area (TPSA) is 65.8 Å². The molecule has 0 spiro atoms. The quantitative estimate of drug-likeness (QED) is 0.264. The zero-order chi connectivity index (χ0) is 25.4. The van der Waals surface area contributed by atoms with Crippen molar-refractivity contribution >= 4 is 34.2 Å². The molecule has 2 aliphatic rings. The van der Waals surface area contributed by atoms with Crippen LogP contribution < -0.4 is 19.1 Å². The summed E-state index contributed by atoms with van der Waals surface area (Å²) < 4.78 is 19.1. The normalized spacial score (nSPS) is 16.6. The van der Waals surface area contributed by atoms with E-state index in [0.717, 1.165) is 58.3 Å². The average molecular weight is 518 g/mol. The molecule has 3 heterocycles. The molecule has 1 saturated heterocycles. The van der Waals surface area contributed by atoms with Crippen molar-refractivity contribution < 1.29 is 19.0 Å². The van der Waals surface area contributed by atoms with E-state index in [1.165, 1.54) is 0 Å². The van der Waals surface area contributed by atoms with Crippen molar-refractivity contribution in [1.82, 2.24) is 9.55 Å². The Balaban J connectivity index is 1.16. The van der Waals surface area contributed by atoms with E-state index in [9.17, 15) is 4.79 Å². The number of hydrogen-bond acceptors (Lipinski definition) is 5. The first kappa shape index (κ1) is 23.7. The van der Waals surface area contributed by atoms with Gasteiger partial charge in [0.15, 0.2) is 11.5 Å². The molecule has 37 heavy (non-hydrogen) atoms. The van der Waals surface area contributed by atoms with E-state index in [-0.39, 0.29) is 18.6 Å². The average Bonchev–Trinajstić information content (AvgIpc) is 3.62. The highest BCUT2D eigenvalue weighted by Crippen LogP contribution is 2.39. The van der Waals surface area contributed by atoms with Gasteiger partial charge >= 0.3 is 0 Å². The number of para-hydroxylation sites is 2. The maximum Gasteiger partial charge on any atom is 0.231 e. The van der Waals surface area contributed by atoms with Gasteiger partial charge in [0, 0.05) is 42.2 Å². The Morgan fingerprint density at radius 3 is 2.81 bits per heavy atom. The van der Waals surface area contributed by atoms with Crippen molar-refractivity contribution in [3.05, 3.63) is 77.1 Å². The predicted octanol–water partition coefficient (Wildman–Crippen LogP) is 6.11. The first-order chi connectivity index (χ1) is 18.1. The summed E-state index contributed by atoms with van der Waals surface area (Å²) in [7, 11) is 0. The first-order valence-electron chi connectivity index (χ1n) is 12.6. The Morgan fingerprint density at radius 2 is 1.92 bits per heavy atom. The van der Waals surface area contributed by atoms with Crippen LogP contribution in [0.1, 0.15) is 36.6 Å². The molecule has 1 unspecified atom stereocenters. The fourth-order valence-electron chi connectivity index (χ4n) is 5.09. The molecule has 1 aromatic heterocycles. The predicted molar refractivity (Wildman–Crippen MR) is 143 cm³/mol. The molecule has 0 aliphatic carbocycles. The zero-order valence-electron chi connectivity index (χ0n) is 20.7. The molecule has 7 nitrogen and oxygen atoms in total. The van der Waals surface area contributed by atoms with E-state index < -0.39 is 0 Å². The molecule has 0 bridgehead atoms. The smallest absolute Gasteiger partial charge is 0.231 e. The van der Waals surface area contributed by atoms with Crippen molar-refractivity contribution in [2.75, 3.05) is 24.8 Å². The van der Waals surface area contributed by atoms with Crippen molar-refractivity contribution in [1.29, 1.82) is 0 Å². The van der Waals surface area contributed by atoms with Crippen LogP contribution in [0.4, 0.5) is 5.69 Å². The van der Waals surface area contributed by atoms with Gasteiger partial charge in [-0.2, -0.15) is 0 Å². The van der Waals surface area contributed by atoms with Gasteiger partial charge in [-0.25, -0.2) is 4.98 Å². The van der Waals surface area contributed by atoms with E-state index in [1.54, 1.807) is 0 Å². The minimum atomic E-state index is 0.0126. The molecule has 0 saturated carbocycles. The lowest BCUT2D eigenvalue weighted by molar-refractivity contribution is -0.117. The summed E-state index contributed by atoms with van der Waals surface area (Å²) in [6.45, 7) is 4.21. The van der Waals surface area contributed by atoms with Gasteiger partial charge < -0.3 is 23.7 Å². The van der Waals surface area contributed by atoms with E-state index >= 15 is 0 Å². The molecular formula is C29H28ClN3O4. The molecule has 190 valence electrons. The number of imidazole rings is 1. The number of hydrogen-bond donors (Lipinski definition) is 0. The van der Waals surface area contributed by atoms with Crippen molar-refractivity contribution in [3.8, 4) is 17.2 Å². The number of nitrogens with zero attached hydrogens (tertiary/aromatic N) is 3. The Labute approximate surface area is 220 Å². The molecule has 4 aromatic rings. The Bertz CT molecular complexity index is 1470. The van der Waals surface area contributed by atoms with Crippen LogP contribution in [0.3, 0.4) is 0 Å². The summed E-state index contributed by atoms with van der Waals surface area (Å²) in [4.78, 5) is 19.9. The largest absolute Gasteiger partial charge is 0.494 e. The molecule has 3 aromatic carbocycles. The minimum absolute atomic E-state index is 0.0126. The second-order valence-corrected chi connectivity index (χ2v) is 9.93. The van der Waals surface area contributed by atoms with Crippen LogP contribution in [-0.2, 0) is 11.3 Å². The van der Waals surface area contributed by atoms with Gasteiger partial charge in [-0.1, -0.05) is 23.7 Å². The summed E-state index contributed by atoms with van der Waals surface area (Å²) >= 11 is 6.11. The number of benzene rings is 3. The van der Waals surface area contributed by atoms with Gasteiger partial charge in [-0.15, -0.1) is 0 Å². The summed E-state index contributed by atoms with van der Waals surface area (Å²) in [6, 6.07) is 19.6. The van der Waals surface area contributed by atoms with Crippen molar-refractivity contribution in [3.63, 3.8) is 0 Å². The number of halogens is 1. The van der Waals surface area contributed by atoms with E-state index in [1.807, 2.05) is 66.4 Å². The van der Waals surface area contributed by atoms with Crippen molar-refractivity contribution in [2.24, 2.45) is 0 Å². The Morgan fingerprint density at radius 1 is 1.05 bits per heavy atom. The van der Waals surface area contributed by atoms with Crippen LogP contribution in [0, 0.1) is 6.92 Å². The number of anilines is 1. The monoisotopic (exact) mass is 517 g/mol. The number of aromatic nitrogens is 2. The highest BCUT2D eigenvalue weighted by atomic mass is 35.5. The first-order valence-corrected chi connectivity index (χ1v) is 13.0. The van der Waals surface area contributed by atoms with Crippen LogP contribution in [0.2, 0.25) is 5.02 Å². The lowest BCUT2D eigenvalue weighted by Crippen LogP contribution is -2.24. The van der Waals surface area contributed by atoms with Gasteiger partial charge in [-0.3, -0.25) is 4.79 Å². The third-order valence-corrected chi connectivity index (χ3v) is 7.44. The van der Waals surface area contributed by atoms with Crippen LogP contribution in [-0.4, -0.2) is 35.4 Å². The highest BCUT2D eigenvalue weighted by molar-refractivity contribution is 6.31. The van der Waals surface area contributed by atoms with Crippen LogP contribution in [0.5, 0.6) is 17.2 Å². The van der Waals surface area contributed by atoms with Crippen LogP contribution in [0.15, 0.2) is 60.7 Å². The third kappa shape index (κ3) is 4.71. The number of fused-ring (bicyclic) bond motifs is 2. The Hall–Kier alpha value is -3.71. The highest BCUT2D eigenvalue weighted by Gasteiger charge is 2.35. The van der Waals surface area contributed by atoms with E-state index in [4.69, 9.17) is 30.8 Å². The lowest BCUT2D eigenvalue weighted by atomic mass is 10.1. The maximum absolute atomic E-state index is 13.1. The van der Waals surface area contributed by atoms with Gasteiger partial charge in [0.1, 0.15) is 11.6 Å². The second-order valence-electron chi connectivity index (χ2n) is 9.52. The van der Waals surface area contributed by atoms with Gasteiger partial charge in [-0.05, 0) is 67.8 Å². The number of ether oxygens (including phenoxy) is 3. The van der Waals surface area contributed by atoms with Crippen molar-refractivity contribution in [2.45, 2.75) is 38.6 Å². The van der Waals surface area contributed by atoms with Gasteiger partial charge in [0.25, 0.3) is 0 Å². The number of rotatable bonds is 8. The Kier molecular flexibility index (Phi) is 6.38. The fourth-order valence-corrected chi connectivity index (χ4v) is 5.21. The summed E-state index contributed by atoms with van der Waals surface area (Å²) in [5, 5.41) is 0.745. The molecule has 1 amide bonds. The maximum atomic E-state index is 13.1. The molecule has 8 heteroatoms. The lowest BCUT2D eigenvalue weighted by Gasteiger charge is -2.18. The minimum Gasteiger partial charge on any atom is -0.494 e. The third-order valence-electron chi connectivity index (χ3n) is 7.02. The molecule has 6 rings (SSSR count). The molecule has 1 atom stereocenters. The molecular weight excluding hydrogens is 490 g/mol. The number of amides is 1. The fraction of sp³-hybridized carbons (Fsp3) is 0.310. The van der Waals surface area contributed by atoms with E-state index in [2.05, 4.69) is 10.6 Å². The summed E-state index contributed by atoms with van der Waals surface area (Å²) in [6.07, 6.45) is 2.27. The van der Waals surface area contributed by atoms with Gasteiger partial charge in [0.2, 0.25) is 12.7 Å². The summed E-state index contributed by atoms with van der Waals surface area (Å²) in [5.74, 6) is 3.30. The molecule has 0 N–H and O–H groups in total. The molecule has 2 aliphatic heterocycles. The number of aryl methyl sites for hydroxylation is 2.